The van der Waals surface area contributed by atoms with Gasteiger partial charge in [0.1, 0.15) is 11.4 Å². The molecule has 3 rings (SSSR count). The zero-order chi connectivity index (χ0) is 18.4. The molecule has 0 aliphatic rings. The molecule has 5 nitrogen and oxygen atoms in total. The van der Waals surface area contributed by atoms with Gasteiger partial charge in [-0.25, -0.2) is 4.68 Å². The third kappa shape index (κ3) is 4.23. The highest BCUT2D eigenvalue weighted by Gasteiger charge is 2.18. The summed E-state index contributed by atoms with van der Waals surface area (Å²) in [6.45, 7) is 4.87. The van der Waals surface area contributed by atoms with Crippen LogP contribution in [0.5, 0.6) is 0 Å². The first-order chi connectivity index (χ1) is 12.7. The number of hydrogen-bond donors (Lipinski definition) is 1. The molecule has 0 bridgehead atoms. The summed E-state index contributed by atoms with van der Waals surface area (Å²) in [5, 5.41) is 7.62. The minimum Gasteiger partial charge on any atom is -0.463 e. The molecule has 0 saturated heterocycles. The van der Waals surface area contributed by atoms with Crippen molar-refractivity contribution in [3.8, 4) is 17.1 Å². The summed E-state index contributed by atoms with van der Waals surface area (Å²) in [5.74, 6) is 0.529. The lowest BCUT2D eigenvalue weighted by Crippen LogP contribution is -2.26. The molecular formula is C21H25N3O2. The normalized spacial score (nSPS) is 10.8. The first-order valence-electron chi connectivity index (χ1n) is 9.18. The Morgan fingerprint density at radius 2 is 2.04 bits per heavy atom. The number of carbonyl (C=O) groups excluding carboxylic acids is 1. The van der Waals surface area contributed by atoms with E-state index in [0.29, 0.717) is 23.7 Å². The third-order valence-electron chi connectivity index (χ3n) is 4.28. The Morgan fingerprint density at radius 1 is 1.15 bits per heavy atom. The molecular weight excluding hydrogens is 326 g/mol. The van der Waals surface area contributed by atoms with Crippen LogP contribution in [0.25, 0.3) is 17.1 Å². The van der Waals surface area contributed by atoms with Crippen LogP contribution in [-0.4, -0.2) is 22.2 Å². The number of aryl methyl sites for hydroxylation is 1. The van der Waals surface area contributed by atoms with Gasteiger partial charge in [-0.1, -0.05) is 38.3 Å². The molecule has 26 heavy (non-hydrogen) atoms. The number of carbonyl (C=O) groups is 1. The van der Waals surface area contributed by atoms with E-state index in [1.165, 1.54) is 12.8 Å². The quantitative estimate of drug-likeness (QED) is 0.596. The van der Waals surface area contributed by atoms with Gasteiger partial charge in [-0.15, -0.1) is 0 Å². The lowest BCUT2D eigenvalue weighted by Gasteiger charge is -2.09. The second kappa shape index (κ2) is 8.52. The Kier molecular flexibility index (Phi) is 5.89. The first-order valence-corrected chi connectivity index (χ1v) is 9.18. The smallest absolute Gasteiger partial charge is 0.270 e. The zero-order valence-electron chi connectivity index (χ0n) is 15.4. The highest BCUT2D eigenvalue weighted by atomic mass is 16.3. The van der Waals surface area contributed by atoms with Crippen LogP contribution in [0, 0.1) is 6.92 Å². The number of furan rings is 1. The van der Waals surface area contributed by atoms with E-state index in [9.17, 15) is 4.79 Å². The number of aromatic nitrogens is 2. The monoisotopic (exact) mass is 351 g/mol. The largest absolute Gasteiger partial charge is 0.463 e. The van der Waals surface area contributed by atoms with Gasteiger partial charge in [-0.2, -0.15) is 5.10 Å². The summed E-state index contributed by atoms with van der Waals surface area (Å²) in [6, 6.07) is 13.4. The Labute approximate surface area is 154 Å². The van der Waals surface area contributed by atoms with E-state index in [4.69, 9.17) is 4.42 Å². The summed E-state index contributed by atoms with van der Waals surface area (Å²) < 4.78 is 7.13. The van der Waals surface area contributed by atoms with Crippen LogP contribution in [0.1, 0.15) is 48.7 Å². The summed E-state index contributed by atoms with van der Waals surface area (Å²) in [5.41, 5.74) is 3.13. The van der Waals surface area contributed by atoms with E-state index < -0.39 is 0 Å². The minimum absolute atomic E-state index is 0.117. The van der Waals surface area contributed by atoms with Crippen molar-refractivity contribution < 1.29 is 9.21 Å². The standard InChI is InChI=1S/C21H25N3O2/c1-3-4-5-6-12-22-21(25)19-15-18(20-11-8-13-26-20)23-24(19)17-10-7-9-16(2)14-17/h7-11,13-15H,3-6,12H2,1-2H3,(H,22,25). The molecule has 0 aliphatic carbocycles. The van der Waals surface area contributed by atoms with Crippen molar-refractivity contribution in [2.24, 2.45) is 0 Å². The number of rotatable bonds is 8. The fourth-order valence-electron chi connectivity index (χ4n) is 2.89. The summed E-state index contributed by atoms with van der Waals surface area (Å²) in [4.78, 5) is 12.7. The molecule has 0 unspecified atom stereocenters. The van der Waals surface area contributed by atoms with Crippen LogP contribution in [0.3, 0.4) is 0 Å². The van der Waals surface area contributed by atoms with Crippen LogP contribution >= 0.6 is 0 Å². The Morgan fingerprint density at radius 3 is 2.77 bits per heavy atom. The van der Waals surface area contributed by atoms with E-state index in [1.807, 2.05) is 43.3 Å². The lowest BCUT2D eigenvalue weighted by atomic mass is 10.2. The summed E-state index contributed by atoms with van der Waals surface area (Å²) in [7, 11) is 0. The molecule has 3 aromatic rings. The predicted octanol–water partition coefficient (Wildman–Crippen LogP) is 4.75. The van der Waals surface area contributed by atoms with Crippen molar-refractivity contribution in [3.63, 3.8) is 0 Å². The average Bonchev–Trinajstić information content (AvgIpc) is 3.31. The van der Waals surface area contributed by atoms with Gasteiger partial charge in [0.2, 0.25) is 0 Å². The van der Waals surface area contributed by atoms with Crippen molar-refractivity contribution in [1.82, 2.24) is 15.1 Å². The van der Waals surface area contributed by atoms with Crippen LogP contribution in [0.15, 0.2) is 53.1 Å². The van der Waals surface area contributed by atoms with Crippen molar-refractivity contribution in [2.45, 2.75) is 39.5 Å². The van der Waals surface area contributed by atoms with Gasteiger partial charge in [-0.3, -0.25) is 4.79 Å². The molecule has 0 saturated carbocycles. The minimum atomic E-state index is -0.117. The first kappa shape index (κ1) is 18.0. The van der Waals surface area contributed by atoms with Gasteiger partial charge < -0.3 is 9.73 Å². The van der Waals surface area contributed by atoms with Crippen LogP contribution in [0.2, 0.25) is 0 Å². The fourth-order valence-corrected chi connectivity index (χ4v) is 2.89. The molecule has 1 amide bonds. The van der Waals surface area contributed by atoms with Crippen molar-refractivity contribution in [3.05, 3.63) is 60.0 Å². The number of amides is 1. The van der Waals surface area contributed by atoms with Gasteiger partial charge in [-0.05, 0) is 43.2 Å². The van der Waals surface area contributed by atoms with Gasteiger partial charge >= 0.3 is 0 Å². The molecule has 0 spiro atoms. The van der Waals surface area contributed by atoms with E-state index >= 15 is 0 Å². The Balaban J connectivity index is 1.86. The molecule has 2 aromatic heterocycles. The maximum absolute atomic E-state index is 12.7. The van der Waals surface area contributed by atoms with Gasteiger partial charge in [0, 0.05) is 12.6 Å². The average molecular weight is 351 g/mol. The fraction of sp³-hybridized carbons (Fsp3) is 0.333. The summed E-state index contributed by atoms with van der Waals surface area (Å²) in [6.07, 6.45) is 6.10. The molecule has 5 heteroatoms. The highest BCUT2D eigenvalue weighted by Crippen LogP contribution is 2.22. The molecule has 1 N–H and O–H groups in total. The van der Waals surface area contributed by atoms with Gasteiger partial charge in [0.25, 0.3) is 5.91 Å². The molecule has 0 fully saturated rings. The van der Waals surface area contributed by atoms with E-state index in [-0.39, 0.29) is 5.91 Å². The van der Waals surface area contributed by atoms with Gasteiger partial charge in [0.15, 0.2) is 5.76 Å². The summed E-state index contributed by atoms with van der Waals surface area (Å²) >= 11 is 0. The third-order valence-corrected chi connectivity index (χ3v) is 4.28. The van der Waals surface area contributed by atoms with E-state index in [0.717, 1.165) is 24.1 Å². The molecule has 136 valence electrons. The van der Waals surface area contributed by atoms with Crippen LogP contribution in [0.4, 0.5) is 0 Å². The maximum Gasteiger partial charge on any atom is 0.270 e. The zero-order valence-corrected chi connectivity index (χ0v) is 15.4. The van der Waals surface area contributed by atoms with E-state index in [2.05, 4.69) is 17.3 Å². The van der Waals surface area contributed by atoms with Crippen molar-refractivity contribution in [1.29, 1.82) is 0 Å². The van der Waals surface area contributed by atoms with Crippen LogP contribution < -0.4 is 5.32 Å². The Hall–Kier alpha value is -2.82. The maximum atomic E-state index is 12.7. The molecule has 0 atom stereocenters. The van der Waals surface area contributed by atoms with Crippen LogP contribution in [-0.2, 0) is 0 Å². The number of benzene rings is 1. The number of hydrogen-bond acceptors (Lipinski definition) is 3. The number of nitrogens with zero attached hydrogens (tertiary/aromatic N) is 2. The van der Waals surface area contributed by atoms with E-state index in [1.54, 1.807) is 17.0 Å². The molecule has 0 radical (unpaired) electrons. The van der Waals surface area contributed by atoms with Gasteiger partial charge in [0.05, 0.1) is 12.0 Å². The Bertz CT molecular complexity index is 850. The number of nitrogens with one attached hydrogen (secondary N) is 1. The highest BCUT2D eigenvalue weighted by molar-refractivity contribution is 5.94. The van der Waals surface area contributed by atoms with Crippen molar-refractivity contribution >= 4 is 5.91 Å². The predicted molar refractivity (Wildman–Crippen MR) is 102 cm³/mol. The topological polar surface area (TPSA) is 60.1 Å². The molecule has 2 heterocycles. The second-order valence-corrected chi connectivity index (χ2v) is 6.46. The SMILES string of the molecule is CCCCCCNC(=O)c1cc(-c2ccco2)nn1-c1cccc(C)c1. The number of unbranched alkanes of at least 4 members (excludes halogenated alkanes) is 3. The second-order valence-electron chi connectivity index (χ2n) is 6.46. The molecule has 1 aromatic carbocycles. The van der Waals surface area contributed by atoms with Crippen molar-refractivity contribution in [2.75, 3.05) is 6.54 Å². The molecule has 0 aliphatic heterocycles. The lowest BCUT2D eigenvalue weighted by molar-refractivity contribution is 0.0945.